The topological polar surface area (TPSA) is 108 Å². The van der Waals surface area contributed by atoms with Gasteiger partial charge in [-0.1, -0.05) is 17.7 Å². The second-order valence-electron chi connectivity index (χ2n) is 4.96. The SMILES string of the molecule is N#CCCNC(=O)COC(=O)c1ccc(Cl)cc1NC(=O)c1cccs1. The van der Waals surface area contributed by atoms with Gasteiger partial charge in [0.15, 0.2) is 6.61 Å². The summed E-state index contributed by atoms with van der Waals surface area (Å²) < 4.78 is 4.95. The molecular formula is C17H14ClN3O4S. The summed E-state index contributed by atoms with van der Waals surface area (Å²) in [6.07, 6.45) is 0.162. The standard InChI is InChI=1S/C17H14ClN3O4S/c18-11-4-5-12(17(24)25-10-15(22)20-7-2-6-19)13(9-11)21-16(23)14-3-1-8-26-14/h1,3-5,8-9H,2,7,10H2,(H,20,22)(H,21,23). The predicted octanol–water partition coefficient (Wildman–Crippen LogP) is 2.84. The zero-order chi connectivity index (χ0) is 18.9. The first-order chi connectivity index (χ1) is 12.5. The number of carbonyl (C=O) groups is 3. The van der Waals surface area contributed by atoms with Crippen LogP contribution in [-0.2, 0) is 9.53 Å². The van der Waals surface area contributed by atoms with E-state index in [4.69, 9.17) is 21.6 Å². The Kier molecular flexibility index (Phi) is 7.14. The van der Waals surface area contributed by atoms with Gasteiger partial charge in [0.1, 0.15) is 0 Å². The molecule has 0 spiro atoms. The Bertz CT molecular complexity index is 846. The van der Waals surface area contributed by atoms with Gasteiger partial charge in [-0.3, -0.25) is 9.59 Å². The highest BCUT2D eigenvalue weighted by molar-refractivity contribution is 7.12. The molecule has 134 valence electrons. The molecule has 0 saturated heterocycles. The minimum atomic E-state index is -0.779. The second-order valence-corrected chi connectivity index (χ2v) is 6.34. The molecule has 0 aliphatic rings. The first-order valence-corrected chi connectivity index (χ1v) is 8.72. The van der Waals surface area contributed by atoms with Crippen molar-refractivity contribution >= 4 is 46.4 Å². The van der Waals surface area contributed by atoms with Crippen LogP contribution in [0.1, 0.15) is 26.5 Å². The number of esters is 1. The Morgan fingerprint density at radius 1 is 1.27 bits per heavy atom. The fourth-order valence-corrected chi connectivity index (χ4v) is 2.70. The number of thiophene rings is 1. The van der Waals surface area contributed by atoms with Gasteiger partial charge in [0.2, 0.25) is 0 Å². The van der Waals surface area contributed by atoms with Crippen molar-refractivity contribution in [1.82, 2.24) is 5.32 Å². The van der Waals surface area contributed by atoms with Gasteiger partial charge in [-0.2, -0.15) is 5.26 Å². The monoisotopic (exact) mass is 391 g/mol. The molecule has 1 aromatic carbocycles. The van der Waals surface area contributed by atoms with Crippen LogP contribution < -0.4 is 10.6 Å². The normalized spacial score (nSPS) is 9.85. The van der Waals surface area contributed by atoms with Gasteiger partial charge in [-0.05, 0) is 29.6 Å². The quantitative estimate of drug-likeness (QED) is 0.557. The van der Waals surface area contributed by atoms with Gasteiger partial charge in [0.05, 0.1) is 28.6 Å². The van der Waals surface area contributed by atoms with E-state index in [9.17, 15) is 14.4 Å². The maximum absolute atomic E-state index is 12.2. The van der Waals surface area contributed by atoms with Gasteiger partial charge in [-0.25, -0.2) is 4.79 Å². The molecule has 2 amide bonds. The zero-order valence-electron chi connectivity index (χ0n) is 13.5. The molecule has 2 aromatic rings. The third kappa shape index (κ3) is 5.58. The summed E-state index contributed by atoms with van der Waals surface area (Å²) in [7, 11) is 0. The Morgan fingerprint density at radius 2 is 2.08 bits per heavy atom. The number of hydrogen-bond acceptors (Lipinski definition) is 6. The molecule has 0 fully saturated rings. The number of amides is 2. The number of rotatable bonds is 7. The van der Waals surface area contributed by atoms with E-state index in [1.807, 2.05) is 6.07 Å². The lowest BCUT2D eigenvalue weighted by Crippen LogP contribution is -2.29. The maximum Gasteiger partial charge on any atom is 0.340 e. The number of nitriles is 1. The molecule has 2 rings (SSSR count). The highest BCUT2D eigenvalue weighted by atomic mass is 35.5. The average molecular weight is 392 g/mol. The number of nitrogens with one attached hydrogen (secondary N) is 2. The van der Waals surface area contributed by atoms with Crippen molar-refractivity contribution in [2.75, 3.05) is 18.5 Å². The Balaban J connectivity index is 2.04. The lowest BCUT2D eigenvalue weighted by Gasteiger charge is -2.11. The van der Waals surface area contributed by atoms with E-state index in [0.717, 1.165) is 0 Å². The van der Waals surface area contributed by atoms with Crippen LogP contribution in [0.25, 0.3) is 0 Å². The molecule has 26 heavy (non-hydrogen) atoms. The summed E-state index contributed by atoms with van der Waals surface area (Å²) in [6, 6.07) is 9.57. The zero-order valence-corrected chi connectivity index (χ0v) is 15.0. The number of anilines is 1. The van der Waals surface area contributed by atoms with Crippen molar-refractivity contribution in [3.05, 3.63) is 51.2 Å². The summed E-state index contributed by atoms with van der Waals surface area (Å²) in [4.78, 5) is 36.4. The Hall–Kier alpha value is -2.89. The number of hydrogen-bond donors (Lipinski definition) is 2. The number of ether oxygens (including phenoxy) is 1. The molecule has 9 heteroatoms. The molecule has 0 radical (unpaired) electrons. The maximum atomic E-state index is 12.2. The molecule has 2 N–H and O–H groups in total. The first kappa shape index (κ1) is 19.4. The van der Waals surface area contributed by atoms with Crippen molar-refractivity contribution < 1.29 is 19.1 Å². The summed E-state index contributed by atoms with van der Waals surface area (Å²) in [5.41, 5.74) is 0.259. The van der Waals surface area contributed by atoms with Gasteiger partial charge in [0, 0.05) is 11.6 Å². The lowest BCUT2D eigenvalue weighted by molar-refractivity contribution is -0.124. The average Bonchev–Trinajstić information content (AvgIpc) is 3.15. The third-order valence-corrected chi connectivity index (χ3v) is 4.19. The molecule has 0 saturated carbocycles. The largest absolute Gasteiger partial charge is 0.452 e. The number of benzene rings is 1. The first-order valence-electron chi connectivity index (χ1n) is 7.46. The summed E-state index contributed by atoms with van der Waals surface area (Å²) in [5, 5.41) is 15.5. The smallest absolute Gasteiger partial charge is 0.340 e. The van der Waals surface area contributed by atoms with E-state index in [0.29, 0.717) is 9.90 Å². The van der Waals surface area contributed by atoms with Crippen LogP contribution in [0.4, 0.5) is 5.69 Å². The molecule has 0 bridgehead atoms. The molecule has 0 aliphatic carbocycles. The number of halogens is 1. The van der Waals surface area contributed by atoms with E-state index < -0.39 is 18.5 Å². The second kappa shape index (κ2) is 9.56. The molecule has 7 nitrogen and oxygen atoms in total. The van der Waals surface area contributed by atoms with Crippen molar-refractivity contribution in [3.63, 3.8) is 0 Å². The van der Waals surface area contributed by atoms with E-state index in [-0.39, 0.29) is 30.1 Å². The van der Waals surface area contributed by atoms with Gasteiger partial charge in [0.25, 0.3) is 11.8 Å². The summed E-state index contributed by atoms with van der Waals surface area (Å²) in [6.45, 7) is -0.318. The fourth-order valence-electron chi connectivity index (χ4n) is 1.91. The van der Waals surface area contributed by atoms with Crippen molar-refractivity contribution in [1.29, 1.82) is 5.26 Å². The van der Waals surface area contributed by atoms with Crippen LogP contribution in [-0.4, -0.2) is 30.9 Å². The van der Waals surface area contributed by atoms with Crippen LogP contribution in [0.5, 0.6) is 0 Å². The highest BCUT2D eigenvalue weighted by Gasteiger charge is 2.17. The Labute approximate surface area is 158 Å². The van der Waals surface area contributed by atoms with E-state index in [1.54, 1.807) is 17.5 Å². The van der Waals surface area contributed by atoms with Crippen molar-refractivity contribution in [3.8, 4) is 6.07 Å². The minimum absolute atomic E-state index is 0.0733. The third-order valence-electron chi connectivity index (χ3n) is 3.09. The molecule has 0 aliphatic heterocycles. The molecule has 0 atom stereocenters. The molecule has 0 unspecified atom stereocenters. The summed E-state index contributed by atoms with van der Waals surface area (Å²) >= 11 is 7.19. The van der Waals surface area contributed by atoms with Crippen molar-refractivity contribution in [2.24, 2.45) is 0 Å². The molecule has 1 heterocycles. The van der Waals surface area contributed by atoms with E-state index in [2.05, 4.69) is 10.6 Å². The molecule has 1 aromatic heterocycles. The van der Waals surface area contributed by atoms with Crippen molar-refractivity contribution in [2.45, 2.75) is 6.42 Å². The minimum Gasteiger partial charge on any atom is -0.452 e. The van der Waals surface area contributed by atoms with Gasteiger partial charge >= 0.3 is 5.97 Å². The van der Waals surface area contributed by atoms with Crippen LogP contribution in [0.2, 0.25) is 5.02 Å². The summed E-state index contributed by atoms with van der Waals surface area (Å²) in [5.74, 6) is -1.68. The lowest BCUT2D eigenvalue weighted by atomic mass is 10.1. The van der Waals surface area contributed by atoms with E-state index in [1.165, 1.54) is 29.5 Å². The van der Waals surface area contributed by atoms with Crippen LogP contribution in [0, 0.1) is 11.3 Å². The van der Waals surface area contributed by atoms with Gasteiger partial charge in [-0.15, -0.1) is 11.3 Å². The van der Waals surface area contributed by atoms with Crippen LogP contribution >= 0.6 is 22.9 Å². The van der Waals surface area contributed by atoms with E-state index >= 15 is 0 Å². The number of nitrogens with zero attached hydrogens (tertiary/aromatic N) is 1. The highest BCUT2D eigenvalue weighted by Crippen LogP contribution is 2.23. The predicted molar refractivity (Wildman–Crippen MR) is 97.2 cm³/mol. The fraction of sp³-hybridized carbons (Fsp3) is 0.176. The molecular weight excluding hydrogens is 378 g/mol. The van der Waals surface area contributed by atoms with Gasteiger partial charge < -0.3 is 15.4 Å². The van der Waals surface area contributed by atoms with Crippen LogP contribution in [0.3, 0.4) is 0 Å². The Morgan fingerprint density at radius 3 is 2.77 bits per heavy atom. The number of carbonyl (C=O) groups excluding carboxylic acids is 3. The van der Waals surface area contributed by atoms with Crippen LogP contribution in [0.15, 0.2) is 35.7 Å².